The summed E-state index contributed by atoms with van der Waals surface area (Å²) in [6.45, 7) is 1.48. The van der Waals surface area contributed by atoms with Gasteiger partial charge in [-0.2, -0.15) is 0 Å². The fraction of sp³-hybridized carbons (Fsp3) is 0.385. The average Bonchev–Trinajstić information content (AvgIpc) is 2.82. The number of phenolic OH excluding ortho intramolecular Hbond substituents is 1. The summed E-state index contributed by atoms with van der Waals surface area (Å²) in [7, 11) is 1.71. The Labute approximate surface area is 132 Å². The van der Waals surface area contributed by atoms with Gasteiger partial charge in [-0.25, -0.2) is 0 Å². The number of likely N-dealkylation sites (N-methyl/N-ethyl adjacent to an activating group) is 1. The van der Waals surface area contributed by atoms with Gasteiger partial charge >= 0.3 is 0 Å². The molecule has 106 valence electrons. The predicted octanol–water partition coefficient (Wildman–Crippen LogP) is 2.56. The van der Waals surface area contributed by atoms with Gasteiger partial charge in [0, 0.05) is 31.9 Å². The van der Waals surface area contributed by atoms with E-state index < -0.39 is 0 Å². The maximum atomic E-state index is 12.0. The maximum absolute atomic E-state index is 12.0. The Kier molecular flexibility index (Phi) is 3.10. The van der Waals surface area contributed by atoms with Crippen LogP contribution in [0.2, 0.25) is 0 Å². The lowest BCUT2D eigenvalue weighted by atomic mass is 9.98. The van der Waals surface area contributed by atoms with E-state index >= 15 is 0 Å². The Morgan fingerprint density at radius 1 is 1.45 bits per heavy atom. The molecule has 0 radical (unpaired) electrons. The maximum Gasteiger partial charge on any atom is 0.225 e. The van der Waals surface area contributed by atoms with Gasteiger partial charge in [0.25, 0.3) is 0 Å². The van der Waals surface area contributed by atoms with Crippen LogP contribution in [0.5, 0.6) is 5.75 Å². The molecule has 2 aliphatic heterocycles. The number of carbonyl (C=O) groups excluding carboxylic acids is 2. The monoisotopic (exact) mass is 402 g/mol. The second-order valence-electron chi connectivity index (χ2n) is 5.07. The van der Waals surface area contributed by atoms with E-state index in [0.717, 1.165) is 11.3 Å². The van der Waals surface area contributed by atoms with Gasteiger partial charge in [0.1, 0.15) is 11.9 Å². The van der Waals surface area contributed by atoms with Crippen LogP contribution in [-0.2, 0) is 9.59 Å². The third kappa shape index (κ3) is 1.65. The molecule has 0 bridgehead atoms. The predicted molar refractivity (Wildman–Crippen MR) is 80.6 cm³/mol. The van der Waals surface area contributed by atoms with Crippen molar-refractivity contribution in [1.82, 2.24) is 4.90 Å². The molecule has 20 heavy (non-hydrogen) atoms. The van der Waals surface area contributed by atoms with Crippen molar-refractivity contribution in [3.05, 3.63) is 20.6 Å². The van der Waals surface area contributed by atoms with Gasteiger partial charge in [-0.15, -0.1) is 0 Å². The number of rotatable bonds is 0. The molecule has 7 heteroatoms. The minimum absolute atomic E-state index is 0.00575. The Bertz CT molecular complexity index is 647. The van der Waals surface area contributed by atoms with E-state index in [2.05, 4.69) is 31.9 Å². The fourth-order valence-corrected chi connectivity index (χ4v) is 4.51. The molecule has 0 aromatic heterocycles. The summed E-state index contributed by atoms with van der Waals surface area (Å²) in [6, 6.07) is 1.73. The standard InChI is InChI=1S/C13H12Br2N2O3/c1-5(18)17-8-4-7(14)12(20)11(15)10(8)6-3-9(19)16(2)13(6)17/h4,6,13,20H,3H2,1-2H3. The Hall–Kier alpha value is -1.08. The molecule has 2 unspecified atom stereocenters. The highest BCUT2D eigenvalue weighted by Gasteiger charge is 2.51. The van der Waals surface area contributed by atoms with Gasteiger partial charge in [-0.3, -0.25) is 14.5 Å². The summed E-state index contributed by atoms with van der Waals surface area (Å²) in [5, 5.41) is 10.1. The molecule has 1 aromatic carbocycles. The van der Waals surface area contributed by atoms with Crippen LogP contribution in [0.4, 0.5) is 5.69 Å². The number of amides is 2. The highest BCUT2D eigenvalue weighted by atomic mass is 79.9. The molecule has 2 aliphatic rings. The molecule has 0 saturated carbocycles. The largest absolute Gasteiger partial charge is 0.506 e. The molecule has 0 spiro atoms. The van der Waals surface area contributed by atoms with Crippen molar-refractivity contribution in [2.45, 2.75) is 25.4 Å². The summed E-state index contributed by atoms with van der Waals surface area (Å²) < 4.78 is 1.06. The third-order valence-corrected chi connectivity index (χ3v) is 5.40. The summed E-state index contributed by atoms with van der Waals surface area (Å²) >= 11 is 6.67. The van der Waals surface area contributed by atoms with Crippen molar-refractivity contribution in [1.29, 1.82) is 0 Å². The highest BCUT2D eigenvalue weighted by Crippen LogP contribution is 2.54. The number of nitrogens with zero attached hydrogens (tertiary/aromatic N) is 2. The first-order chi connectivity index (χ1) is 9.34. The number of likely N-dealkylation sites (tertiary alicyclic amines) is 1. The second kappa shape index (κ2) is 4.46. The number of hydrogen-bond acceptors (Lipinski definition) is 3. The van der Waals surface area contributed by atoms with Crippen molar-refractivity contribution in [2.24, 2.45) is 0 Å². The zero-order valence-corrected chi connectivity index (χ0v) is 14.0. The number of halogens is 2. The number of phenols is 1. The van der Waals surface area contributed by atoms with Crippen LogP contribution in [0.1, 0.15) is 24.8 Å². The quantitative estimate of drug-likeness (QED) is 0.724. The minimum Gasteiger partial charge on any atom is -0.506 e. The molecule has 5 nitrogen and oxygen atoms in total. The molecule has 1 fully saturated rings. The van der Waals surface area contributed by atoms with E-state index in [9.17, 15) is 14.7 Å². The van der Waals surface area contributed by atoms with Crippen LogP contribution in [0.3, 0.4) is 0 Å². The van der Waals surface area contributed by atoms with E-state index in [-0.39, 0.29) is 29.6 Å². The second-order valence-corrected chi connectivity index (χ2v) is 6.72. The van der Waals surface area contributed by atoms with Crippen molar-refractivity contribution in [3.63, 3.8) is 0 Å². The smallest absolute Gasteiger partial charge is 0.225 e. The first-order valence-electron chi connectivity index (χ1n) is 6.11. The fourth-order valence-electron chi connectivity index (χ4n) is 3.12. The molecule has 1 aromatic rings. The molecule has 1 N–H and O–H groups in total. The average molecular weight is 404 g/mol. The highest BCUT2D eigenvalue weighted by molar-refractivity contribution is 9.11. The van der Waals surface area contributed by atoms with E-state index in [1.54, 1.807) is 22.9 Å². The summed E-state index contributed by atoms with van der Waals surface area (Å²) in [6.07, 6.45) is 0.0393. The SMILES string of the molecule is CC(=O)N1c2cc(Br)c(O)c(Br)c2C2CC(=O)N(C)C21. The lowest BCUT2D eigenvalue weighted by Crippen LogP contribution is -2.45. The van der Waals surface area contributed by atoms with Crippen molar-refractivity contribution >= 4 is 49.4 Å². The Balaban J connectivity index is 2.27. The Morgan fingerprint density at radius 2 is 2.10 bits per heavy atom. The summed E-state index contributed by atoms with van der Waals surface area (Å²) in [5.41, 5.74) is 1.56. The number of aromatic hydroxyl groups is 1. The summed E-state index contributed by atoms with van der Waals surface area (Å²) in [5.74, 6) is -0.134. The summed E-state index contributed by atoms with van der Waals surface area (Å²) in [4.78, 5) is 27.2. The molecule has 2 atom stereocenters. The topological polar surface area (TPSA) is 60.9 Å². The third-order valence-electron chi connectivity index (χ3n) is 3.99. The van der Waals surface area contributed by atoms with Gasteiger partial charge in [-0.05, 0) is 37.9 Å². The zero-order chi connectivity index (χ0) is 14.8. The van der Waals surface area contributed by atoms with Crippen LogP contribution in [0, 0.1) is 0 Å². The molecule has 2 heterocycles. The van der Waals surface area contributed by atoms with Gasteiger partial charge in [0.15, 0.2) is 0 Å². The van der Waals surface area contributed by atoms with Crippen molar-refractivity contribution < 1.29 is 14.7 Å². The lowest BCUT2D eigenvalue weighted by molar-refractivity contribution is -0.128. The normalized spacial score (nSPS) is 24.1. The van der Waals surface area contributed by atoms with Crippen molar-refractivity contribution in [3.8, 4) is 5.75 Å². The molecule has 3 rings (SSSR count). The molecular formula is C13H12Br2N2O3. The van der Waals surface area contributed by atoms with Gasteiger partial charge < -0.3 is 10.0 Å². The number of fused-ring (bicyclic) bond motifs is 3. The van der Waals surface area contributed by atoms with E-state index in [1.807, 2.05) is 0 Å². The van der Waals surface area contributed by atoms with Crippen LogP contribution >= 0.6 is 31.9 Å². The Morgan fingerprint density at radius 3 is 2.70 bits per heavy atom. The van der Waals surface area contributed by atoms with Crippen LogP contribution in [0.25, 0.3) is 0 Å². The van der Waals surface area contributed by atoms with Crippen LogP contribution in [-0.4, -0.2) is 35.0 Å². The van der Waals surface area contributed by atoms with Crippen molar-refractivity contribution in [2.75, 3.05) is 11.9 Å². The van der Waals surface area contributed by atoms with Crippen LogP contribution in [0.15, 0.2) is 15.0 Å². The van der Waals surface area contributed by atoms with E-state index in [0.29, 0.717) is 15.4 Å². The number of carbonyl (C=O) groups is 2. The number of hydrogen-bond donors (Lipinski definition) is 1. The van der Waals surface area contributed by atoms with Gasteiger partial charge in [0.2, 0.25) is 11.8 Å². The minimum atomic E-state index is -0.306. The first kappa shape index (κ1) is 13.9. The van der Waals surface area contributed by atoms with E-state index in [1.165, 1.54) is 6.92 Å². The molecule has 0 aliphatic carbocycles. The van der Waals surface area contributed by atoms with E-state index in [4.69, 9.17) is 0 Å². The van der Waals surface area contributed by atoms with Gasteiger partial charge in [0.05, 0.1) is 14.6 Å². The lowest BCUT2D eigenvalue weighted by Gasteiger charge is -2.29. The van der Waals surface area contributed by atoms with Gasteiger partial charge in [-0.1, -0.05) is 0 Å². The molecule has 1 saturated heterocycles. The molecular weight excluding hydrogens is 392 g/mol. The first-order valence-corrected chi connectivity index (χ1v) is 7.69. The number of benzene rings is 1. The molecule has 2 amide bonds. The van der Waals surface area contributed by atoms with Crippen LogP contribution < -0.4 is 4.90 Å². The zero-order valence-electron chi connectivity index (χ0n) is 10.9. The number of anilines is 1.